The van der Waals surface area contributed by atoms with E-state index < -0.39 is 0 Å². The van der Waals surface area contributed by atoms with Crippen LogP contribution in [0.3, 0.4) is 0 Å². The molecule has 0 aromatic heterocycles. The minimum absolute atomic E-state index is 0.172. The number of hydrogen-bond donors (Lipinski definition) is 1. The maximum atomic E-state index is 11.8. The molecular weight excluding hydrogens is 266 g/mol. The van der Waals surface area contributed by atoms with E-state index in [2.05, 4.69) is 12.2 Å². The Balaban J connectivity index is 3.65. The summed E-state index contributed by atoms with van der Waals surface area (Å²) in [7, 11) is 0. The van der Waals surface area contributed by atoms with Crippen LogP contribution in [0.25, 0.3) is 0 Å². The van der Waals surface area contributed by atoms with Crippen molar-refractivity contribution in [2.75, 3.05) is 19.8 Å². The third-order valence-corrected chi connectivity index (χ3v) is 3.30. The van der Waals surface area contributed by atoms with Crippen LogP contribution >= 0.6 is 0 Å². The van der Waals surface area contributed by atoms with Crippen LogP contribution in [0.5, 0.6) is 0 Å². The predicted octanol–water partition coefficient (Wildman–Crippen LogP) is 3.68. The molecule has 126 valence electrons. The van der Waals surface area contributed by atoms with E-state index in [-0.39, 0.29) is 18.1 Å². The van der Waals surface area contributed by atoms with Crippen molar-refractivity contribution >= 4 is 5.97 Å². The van der Waals surface area contributed by atoms with Gasteiger partial charge in [0.05, 0.1) is 6.61 Å². The summed E-state index contributed by atoms with van der Waals surface area (Å²) in [5.74, 6) is -0.172. The van der Waals surface area contributed by atoms with E-state index in [9.17, 15) is 4.79 Å². The molecule has 0 saturated heterocycles. The van der Waals surface area contributed by atoms with Crippen LogP contribution in [0.15, 0.2) is 0 Å². The van der Waals surface area contributed by atoms with Gasteiger partial charge in [-0.15, -0.1) is 0 Å². The van der Waals surface area contributed by atoms with Crippen molar-refractivity contribution in [2.24, 2.45) is 0 Å². The van der Waals surface area contributed by atoms with Crippen molar-refractivity contribution in [3.05, 3.63) is 0 Å². The molecular formula is C17H35NO3. The van der Waals surface area contributed by atoms with Crippen molar-refractivity contribution in [2.45, 2.75) is 84.7 Å². The lowest BCUT2D eigenvalue weighted by atomic mass is 10.1. The van der Waals surface area contributed by atoms with Crippen molar-refractivity contribution in [3.63, 3.8) is 0 Å². The number of carbonyl (C=O) groups excluding carboxylic acids is 1. The van der Waals surface area contributed by atoms with Crippen molar-refractivity contribution < 1.29 is 14.3 Å². The number of carbonyl (C=O) groups is 1. The topological polar surface area (TPSA) is 47.6 Å². The first-order valence-corrected chi connectivity index (χ1v) is 8.62. The van der Waals surface area contributed by atoms with Gasteiger partial charge in [-0.1, -0.05) is 52.9 Å². The highest BCUT2D eigenvalue weighted by Crippen LogP contribution is 2.05. The van der Waals surface area contributed by atoms with Crippen LogP contribution in [0.4, 0.5) is 0 Å². The summed E-state index contributed by atoms with van der Waals surface area (Å²) in [5, 5.41) is 3.24. The number of hydrogen-bond acceptors (Lipinski definition) is 4. The molecule has 0 rings (SSSR count). The Kier molecular flexibility index (Phi) is 13.9. The number of esters is 1. The minimum atomic E-state index is -0.255. The third-order valence-electron chi connectivity index (χ3n) is 3.30. The number of nitrogens with one attached hydrogen (secondary N) is 1. The van der Waals surface area contributed by atoms with Crippen LogP contribution in [0, 0.1) is 0 Å². The predicted molar refractivity (Wildman–Crippen MR) is 87.5 cm³/mol. The maximum absolute atomic E-state index is 11.8. The van der Waals surface area contributed by atoms with Gasteiger partial charge in [-0.25, -0.2) is 0 Å². The largest absolute Gasteiger partial charge is 0.465 e. The summed E-state index contributed by atoms with van der Waals surface area (Å²) in [6.45, 7) is 9.95. The summed E-state index contributed by atoms with van der Waals surface area (Å²) in [4.78, 5) is 11.8. The molecule has 0 heterocycles. The van der Waals surface area contributed by atoms with E-state index in [1.807, 2.05) is 20.8 Å². The zero-order chi connectivity index (χ0) is 15.9. The Morgan fingerprint density at radius 1 is 1.00 bits per heavy atom. The van der Waals surface area contributed by atoms with E-state index in [0.717, 1.165) is 13.0 Å². The second kappa shape index (κ2) is 14.3. The van der Waals surface area contributed by atoms with Crippen LogP contribution in [0.2, 0.25) is 0 Å². The molecule has 1 unspecified atom stereocenters. The molecule has 0 aliphatic carbocycles. The van der Waals surface area contributed by atoms with E-state index in [0.29, 0.717) is 19.6 Å². The molecule has 4 nitrogen and oxygen atoms in total. The van der Waals surface area contributed by atoms with Gasteiger partial charge in [-0.3, -0.25) is 4.79 Å². The smallest absolute Gasteiger partial charge is 0.323 e. The second-order valence-electron chi connectivity index (χ2n) is 5.79. The monoisotopic (exact) mass is 301 g/mol. The Morgan fingerprint density at radius 2 is 1.67 bits per heavy atom. The quantitative estimate of drug-likeness (QED) is 0.393. The average molecular weight is 301 g/mol. The molecule has 0 aliphatic heterocycles. The van der Waals surface area contributed by atoms with Gasteiger partial charge in [0.15, 0.2) is 0 Å². The van der Waals surface area contributed by atoms with E-state index in [1.54, 1.807) is 0 Å². The fourth-order valence-corrected chi connectivity index (χ4v) is 2.20. The normalized spacial score (nSPS) is 12.6. The maximum Gasteiger partial charge on any atom is 0.323 e. The standard InChI is InChI=1S/C17H35NO3/c1-5-7-8-9-10-11-13-20-14-12-16(18-15(3)4)17(19)21-6-2/h15-16,18H,5-14H2,1-4H3. The highest BCUT2D eigenvalue weighted by Gasteiger charge is 2.19. The van der Waals surface area contributed by atoms with E-state index in [4.69, 9.17) is 9.47 Å². The average Bonchev–Trinajstić information content (AvgIpc) is 2.44. The van der Waals surface area contributed by atoms with Gasteiger partial charge < -0.3 is 14.8 Å². The van der Waals surface area contributed by atoms with Gasteiger partial charge in [-0.05, 0) is 19.8 Å². The first-order valence-electron chi connectivity index (χ1n) is 8.62. The summed E-state index contributed by atoms with van der Waals surface area (Å²) in [6.07, 6.45) is 8.29. The SMILES string of the molecule is CCCCCCCCOCCC(NC(C)C)C(=O)OCC. The molecule has 0 bridgehead atoms. The summed E-state index contributed by atoms with van der Waals surface area (Å²) < 4.78 is 10.7. The lowest BCUT2D eigenvalue weighted by Gasteiger charge is -2.19. The van der Waals surface area contributed by atoms with Gasteiger partial charge in [0.25, 0.3) is 0 Å². The molecule has 0 amide bonds. The van der Waals surface area contributed by atoms with Gasteiger partial charge in [0.2, 0.25) is 0 Å². The van der Waals surface area contributed by atoms with Gasteiger partial charge in [0, 0.05) is 19.3 Å². The van der Waals surface area contributed by atoms with Gasteiger partial charge >= 0.3 is 5.97 Å². The second-order valence-corrected chi connectivity index (χ2v) is 5.79. The zero-order valence-corrected chi connectivity index (χ0v) is 14.5. The van der Waals surface area contributed by atoms with Crippen LogP contribution < -0.4 is 5.32 Å². The highest BCUT2D eigenvalue weighted by atomic mass is 16.5. The molecule has 0 aliphatic rings. The van der Waals surface area contributed by atoms with Crippen molar-refractivity contribution in [1.29, 1.82) is 0 Å². The molecule has 0 saturated carbocycles. The molecule has 1 N–H and O–H groups in total. The Hall–Kier alpha value is -0.610. The Bertz CT molecular complexity index is 244. The molecule has 0 fully saturated rings. The van der Waals surface area contributed by atoms with Crippen molar-refractivity contribution in [3.8, 4) is 0 Å². The Labute approximate surface area is 131 Å². The first-order chi connectivity index (χ1) is 10.1. The Morgan fingerprint density at radius 3 is 2.29 bits per heavy atom. The number of ether oxygens (including phenoxy) is 2. The molecule has 1 atom stereocenters. The van der Waals surface area contributed by atoms with Gasteiger partial charge in [0.1, 0.15) is 6.04 Å². The van der Waals surface area contributed by atoms with E-state index in [1.165, 1.54) is 32.1 Å². The zero-order valence-electron chi connectivity index (χ0n) is 14.5. The number of rotatable bonds is 14. The summed E-state index contributed by atoms with van der Waals surface area (Å²) in [5.41, 5.74) is 0. The van der Waals surface area contributed by atoms with E-state index >= 15 is 0 Å². The first kappa shape index (κ1) is 20.4. The lowest BCUT2D eigenvalue weighted by molar-refractivity contribution is -0.146. The molecule has 0 spiro atoms. The fourth-order valence-electron chi connectivity index (χ4n) is 2.20. The minimum Gasteiger partial charge on any atom is -0.465 e. The van der Waals surface area contributed by atoms with Crippen LogP contribution in [-0.4, -0.2) is 37.9 Å². The highest BCUT2D eigenvalue weighted by molar-refractivity contribution is 5.75. The molecule has 0 aromatic rings. The number of unbranched alkanes of at least 4 members (excludes halogenated alkanes) is 5. The molecule has 4 heteroatoms. The van der Waals surface area contributed by atoms with Gasteiger partial charge in [-0.2, -0.15) is 0 Å². The molecule has 0 radical (unpaired) electrons. The van der Waals surface area contributed by atoms with Crippen molar-refractivity contribution in [1.82, 2.24) is 5.32 Å². The molecule has 21 heavy (non-hydrogen) atoms. The van der Waals surface area contributed by atoms with Crippen LogP contribution in [0.1, 0.15) is 72.6 Å². The fraction of sp³-hybridized carbons (Fsp3) is 0.941. The molecule has 0 aromatic carbocycles. The lowest BCUT2D eigenvalue weighted by Crippen LogP contribution is -2.42. The summed E-state index contributed by atoms with van der Waals surface area (Å²) in [6, 6.07) is 0.00692. The third kappa shape index (κ3) is 12.8. The summed E-state index contributed by atoms with van der Waals surface area (Å²) >= 11 is 0. The van der Waals surface area contributed by atoms with Crippen LogP contribution in [-0.2, 0) is 14.3 Å².